The Morgan fingerprint density at radius 3 is 2.50 bits per heavy atom. The highest BCUT2D eigenvalue weighted by molar-refractivity contribution is 5.86. The molecule has 0 radical (unpaired) electrons. The molecule has 1 aromatic heterocycles. The van der Waals surface area contributed by atoms with Crippen molar-refractivity contribution < 1.29 is 18.7 Å². The van der Waals surface area contributed by atoms with Crippen LogP contribution >= 0.6 is 0 Å². The minimum absolute atomic E-state index is 0.0504. The molecule has 0 aliphatic carbocycles. The van der Waals surface area contributed by atoms with Crippen LogP contribution in [-0.2, 0) is 23.0 Å². The molecule has 0 atom stereocenters. The van der Waals surface area contributed by atoms with Crippen LogP contribution in [-0.4, -0.2) is 29.0 Å². The molecule has 3 aromatic rings. The lowest BCUT2D eigenvalue weighted by atomic mass is 10.1. The third-order valence-corrected chi connectivity index (χ3v) is 3.77. The van der Waals surface area contributed by atoms with Crippen LogP contribution in [0.3, 0.4) is 0 Å². The maximum absolute atomic E-state index is 12.8. The molecule has 0 saturated carbocycles. The van der Waals surface area contributed by atoms with E-state index in [-0.39, 0.29) is 31.0 Å². The highest BCUT2D eigenvalue weighted by atomic mass is 19.1. The van der Waals surface area contributed by atoms with Gasteiger partial charge in [-0.15, -0.1) is 0 Å². The molecule has 26 heavy (non-hydrogen) atoms. The molecule has 1 heterocycles. The molecule has 0 fully saturated rings. The standard InChI is InChI=1S/C19H17FN2O4/c1-22-19(24)16-5-3-2-4-15(16)17(21-22)12-18(23)26-11-10-25-14-8-6-13(20)7-9-14/h2-9H,10-12H2,1H3. The topological polar surface area (TPSA) is 70.4 Å². The van der Waals surface area contributed by atoms with Crippen molar-refractivity contribution in [1.82, 2.24) is 9.78 Å². The molecule has 6 nitrogen and oxygen atoms in total. The summed E-state index contributed by atoms with van der Waals surface area (Å²) in [4.78, 5) is 24.1. The second kappa shape index (κ2) is 7.77. The summed E-state index contributed by atoms with van der Waals surface area (Å²) in [5, 5.41) is 5.30. The fraction of sp³-hybridized carbons (Fsp3) is 0.211. The first-order chi connectivity index (χ1) is 12.5. The third kappa shape index (κ3) is 4.05. The predicted molar refractivity (Wildman–Crippen MR) is 93.5 cm³/mol. The summed E-state index contributed by atoms with van der Waals surface area (Å²) in [7, 11) is 1.54. The Labute approximate surface area is 148 Å². The Bertz CT molecular complexity index is 983. The Morgan fingerprint density at radius 1 is 1.08 bits per heavy atom. The van der Waals surface area contributed by atoms with E-state index in [0.717, 1.165) is 0 Å². The lowest BCUT2D eigenvalue weighted by Gasteiger charge is -2.09. The summed E-state index contributed by atoms with van der Waals surface area (Å²) in [5.41, 5.74) is 0.262. The van der Waals surface area contributed by atoms with Gasteiger partial charge in [0.2, 0.25) is 0 Å². The molecule has 7 heteroatoms. The molecule has 2 aromatic carbocycles. The Hall–Kier alpha value is -3.22. The van der Waals surface area contributed by atoms with E-state index in [1.165, 1.54) is 28.9 Å². The first-order valence-corrected chi connectivity index (χ1v) is 8.03. The van der Waals surface area contributed by atoms with Gasteiger partial charge in [-0.1, -0.05) is 18.2 Å². The lowest BCUT2D eigenvalue weighted by Crippen LogP contribution is -2.23. The van der Waals surface area contributed by atoms with Gasteiger partial charge in [0, 0.05) is 12.4 Å². The van der Waals surface area contributed by atoms with E-state index in [9.17, 15) is 14.0 Å². The summed E-state index contributed by atoms with van der Waals surface area (Å²) < 4.78 is 24.5. The Balaban J connectivity index is 1.58. The van der Waals surface area contributed by atoms with E-state index in [4.69, 9.17) is 9.47 Å². The van der Waals surface area contributed by atoms with Gasteiger partial charge in [-0.3, -0.25) is 9.59 Å². The maximum atomic E-state index is 12.8. The largest absolute Gasteiger partial charge is 0.490 e. The van der Waals surface area contributed by atoms with Crippen LogP contribution in [0.1, 0.15) is 5.69 Å². The number of halogens is 1. The Morgan fingerprint density at radius 2 is 1.77 bits per heavy atom. The van der Waals surface area contributed by atoms with Gasteiger partial charge in [0.15, 0.2) is 0 Å². The zero-order valence-electron chi connectivity index (χ0n) is 14.1. The molecule has 0 bridgehead atoms. The number of rotatable bonds is 6. The molecule has 0 spiro atoms. The summed E-state index contributed by atoms with van der Waals surface area (Å²) in [6.07, 6.45) is -0.0504. The fourth-order valence-corrected chi connectivity index (χ4v) is 2.54. The van der Waals surface area contributed by atoms with Crippen molar-refractivity contribution >= 4 is 16.7 Å². The highest BCUT2D eigenvalue weighted by Gasteiger charge is 2.13. The molecular formula is C19H17FN2O4. The number of esters is 1. The molecule has 3 rings (SSSR count). The van der Waals surface area contributed by atoms with Crippen LogP contribution in [0.5, 0.6) is 5.75 Å². The number of nitrogens with zero attached hydrogens (tertiary/aromatic N) is 2. The SMILES string of the molecule is Cn1nc(CC(=O)OCCOc2ccc(F)cc2)c2ccccc2c1=O. The number of hydrogen-bond donors (Lipinski definition) is 0. The number of carbonyl (C=O) groups is 1. The highest BCUT2D eigenvalue weighted by Crippen LogP contribution is 2.14. The number of aryl methyl sites for hydroxylation is 1. The molecule has 0 unspecified atom stereocenters. The first kappa shape index (κ1) is 17.6. The zero-order valence-corrected chi connectivity index (χ0v) is 14.1. The molecule has 0 saturated heterocycles. The average molecular weight is 356 g/mol. The van der Waals surface area contributed by atoms with Crippen molar-refractivity contribution in [2.75, 3.05) is 13.2 Å². The van der Waals surface area contributed by atoms with Crippen LogP contribution in [0.25, 0.3) is 10.8 Å². The van der Waals surface area contributed by atoms with Gasteiger partial charge in [-0.2, -0.15) is 5.10 Å². The van der Waals surface area contributed by atoms with E-state index in [0.29, 0.717) is 22.2 Å². The predicted octanol–water partition coefficient (Wildman–Crippen LogP) is 2.24. The normalized spacial score (nSPS) is 10.7. The number of hydrogen-bond acceptors (Lipinski definition) is 5. The molecule has 0 aliphatic rings. The molecule has 134 valence electrons. The van der Waals surface area contributed by atoms with Crippen LogP contribution in [0.2, 0.25) is 0 Å². The van der Waals surface area contributed by atoms with Crippen molar-refractivity contribution in [1.29, 1.82) is 0 Å². The van der Waals surface area contributed by atoms with E-state index >= 15 is 0 Å². The van der Waals surface area contributed by atoms with E-state index in [2.05, 4.69) is 5.10 Å². The van der Waals surface area contributed by atoms with Gasteiger partial charge in [0.25, 0.3) is 5.56 Å². The van der Waals surface area contributed by atoms with E-state index < -0.39 is 5.97 Å². The van der Waals surface area contributed by atoms with Gasteiger partial charge in [-0.25, -0.2) is 9.07 Å². The van der Waals surface area contributed by atoms with Gasteiger partial charge in [-0.05, 0) is 30.3 Å². The molecule has 0 aliphatic heterocycles. The van der Waals surface area contributed by atoms with E-state index in [1.54, 1.807) is 31.3 Å². The second-order valence-electron chi connectivity index (χ2n) is 5.62. The summed E-state index contributed by atoms with van der Waals surface area (Å²) in [6.45, 7) is 0.207. The summed E-state index contributed by atoms with van der Waals surface area (Å²) in [5.74, 6) is -0.321. The smallest absolute Gasteiger partial charge is 0.312 e. The van der Waals surface area contributed by atoms with Gasteiger partial charge < -0.3 is 9.47 Å². The summed E-state index contributed by atoms with van der Waals surface area (Å²) in [6, 6.07) is 12.6. The van der Waals surface area contributed by atoms with Crippen LogP contribution < -0.4 is 10.3 Å². The number of benzene rings is 2. The van der Waals surface area contributed by atoms with E-state index in [1.807, 2.05) is 0 Å². The monoisotopic (exact) mass is 356 g/mol. The first-order valence-electron chi connectivity index (χ1n) is 8.03. The number of ether oxygens (including phenoxy) is 2. The van der Waals surface area contributed by atoms with Crippen molar-refractivity contribution in [2.24, 2.45) is 7.05 Å². The van der Waals surface area contributed by atoms with Crippen molar-refractivity contribution in [3.63, 3.8) is 0 Å². The second-order valence-corrected chi connectivity index (χ2v) is 5.62. The van der Waals surface area contributed by atoms with Gasteiger partial charge >= 0.3 is 5.97 Å². The summed E-state index contributed by atoms with van der Waals surface area (Å²) >= 11 is 0. The molecule has 0 amide bonds. The number of aromatic nitrogens is 2. The van der Waals surface area contributed by atoms with Crippen LogP contribution in [0, 0.1) is 5.82 Å². The van der Waals surface area contributed by atoms with Crippen LogP contribution in [0.15, 0.2) is 53.3 Å². The lowest BCUT2D eigenvalue weighted by molar-refractivity contribution is -0.143. The van der Waals surface area contributed by atoms with Crippen molar-refractivity contribution in [3.8, 4) is 5.75 Å². The van der Waals surface area contributed by atoms with Crippen LogP contribution in [0.4, 0.5) is 4.39 Å². The Kier molecular flexibility index (Phi) is 5.26. The average Bonchev–Trinajstić information content (AvgIpc) is 2.64. The molecule has 0 N–H and O–H groups in total. The minimum Gasteiger partial charge on any atom is -0.490 e. The fourth-order valence-electron chi connectivity index (χ4n) is 2.54. The zero-order chi connectivity index (χ0) is 18.5. The van der Waals surface area contributed by atoms with Crippen molar-refractivity contribution in [2.45, 2.75) is 6.42 Å². The quantitative estimate of drug-likeness (QED) is 0.500. The van der Waals surface area contributed by atoms with Gasteiger partial charge in [0.1, 0.15) is 24.8 Å². The van der Waals surface area contributed by atoms with Gasteiger partial charge in [0.05, 0.1) is 17.5 Å². The number of carbonyl (C=O) groups excluding carboxylic acids is 1. The maximum Gasteiger partial charge on any atom is 0.312 e. The number of fused-ring (bicyclic) bond motifs is 1. The third-order valence-electron chi connectivity index (χ3n) is 3.77. The van der Waals surface area contributed by atoms with Crippen molar-refractivity contribution in [3.05, 3.63) is 70.4 Å². The molecular weight excluding hydrogens is 339 g/mol. The minimum atomic E-state index is -0.469.